The first-order valence-corrected chi connectivity index (χ1v) is 9.86. The lowest BCUT2D eigenvalue weighted by Crippen LogP contribution is -2.30. The van der Waals surface area contributed by atoms with E-state index in [1.54, 1.807) is 26.0 Å². The average Bonchev–Trinajstić information content (AvgIpc) is 3.05. The van der Waals surface area contributed by atoms with Gasteiger partial charge in [-0.05, 0) is 43.5 Å². The predicted molar refractivity (Wildman–Crippen MR) is 107 cm³/mol. The molecule has 0 spiro atoms. The second-order valence-electron chi connectivity index (χ2n) is 6.15. The predicted octanol–water partition coefficient (Wildman–Crippen LogP) is 3.05. The molecule has 29 heavy (non-hydrogen) atoms. The Balaban J connectivity index is 1.60. The quantitative estimate of drug-likeness (QED) is 0.567. The number of amides is 1. The second-order valence-corrected chi connectivity index (χ2v) is 7.15. The first-order valence-electron chi connectivity index (χ1n) is 9.04. The van der Waals surface area contributed by atoms with Gasteiger partial charge in [0.05, 0.1) is 12.0 Å². The molecule has 0 saturated carbocycles. The summed E-state index contributed by atoms with van der Waals surface area (Å²) in [5.74, 6) is -0.778. The summed E-state index contributed by atoms with van der Waals surface area (Å²) >= 11 is 1.20. The summed E-state index contributed by atoms with van der Waals surface area (Å²) in [6, 6.07) is 6.12. The number of rotatable bonds is 8. The molecule has 0 atom stereocenters. The van der Waals surface area contributed by atoms with E-state index in [2.05, 4.69) is 15.3 Å². The van der Waals surface area contributed by atoms with Gasteiger partial charge in [0.2, 0.25) is 5.88 Å². The number of carbonyl (C=O) groups excluding carboxylic acids is 2. The fourth-order valence-electron chi connectivity index (χ4n) is 2.72. The smallest absolute Gasteiger partial charge is 0.348 e. The van der Waals surface area contributed by atoms with Crippen LogP contribution in [0.4, 0.5) is 4.39 Å². The van der Waals surface area contributed by atoms with E-state index < -0.39 is 5.97 Å². The normalized spacial score (nSPS) is 10.7. The minimum atomic E-state index is -0.419. The zero-order chi connectivity index (χ0) is 20.8. The maximum atomic E-state index is 12.9. The van der Waals surface area contributed by atoms with Crippen molar-refractivity contribution in [1.29, 1.82) is 0 Å². The van der Waals surface area contributed by atoms with Crippen LogP contribution in [-0.2, 0) is 16.0 Å². The number of hydrogen-bond donors (Lipinski definition) is 1. The molecule has 1 N–H and O–H groups in total. The Morgan fingerprint density at radius 1 is 1.21 bits per heavy atom. The molecule has 0 aliphatic heterocycles. The summed E-state index contributed by atoms with van der Waals surface area (Å²) in [5, 5.41) is 3.34. The van der Waals surface area contributed by atoms with E-state index in [0.29, 0.717) is 33.6 Å². The van der Waals surface area contributed by atoms with Crippen LogP contribution in [0.25, 0.3) is 10.2 Å². The monoisotopic (exact) mass is 417 g/mol. The number of esters is 1. The summed E-state index contributed by atoms with van der Waals surface area (Å²) < 4.78 is 23.5. The number of nitrogens with one attached hydrogen (secondary N) is 1. The zero-order valence-electron chi connectivity index (χ0n) is 16.0. The Morgan fingerprint density at radius 2 is 1.97 bits per heavy atom. The number of aromatic nitrogens is 2. The summed E-state index contributed by atoms with van der Waals surface area (Å²) in [7, 11) is 0. The summed E-state index contributed by atoms with van der Waals surface area (Å²) in [6.07, 6.45) is 1.91. The van der Waals surface area contributed by atoms with Crippen LogP contribution >= 0.6 is 11.3 Å². The van der Waals surface area contributed by atoms with Crippen molar-refractivity contribution in [2.75, 3.05) is 19.8 Å². The van der Waals surface area contributed by atoms with Crippen LogP contribution < -0.4 is 10.1 Å². The molecule has 2 aromatic heterocycles. The molecule has 0 unspecified atom stereocenters. The third kappa shape index (κ3) is 5.05. The minimum absolute atomic E-state index is 0.223. The first kappa shape index (κ1) is 20.7. The molecule has 0 aliphatic carbocycles. The topological polar surface area (TPSA) is 90.4 Å². The van der Waals surface area contributed by atoms with E-state index in [9.17, 15) is 14.0 Å². The SMILES string of the molecule is CCOC(=O)c1sc2ncnc(OCC(=O)NCCc3ccc(F)cc3)c2c1C. The van der Waals surface area contributed by atoms with Crippen LogP contribution in [0.2, 0.25) is 0 Å². The van der Waals surface area contributed by atoms with Gasteiger partial charge in [0.1, 0.15) is 21.9 Å². The van der Waals surface area contributed by atoms with E-state index in [-0.39, 0.29) is 30.8 Å². The number of hydrogen-bond acceptors (Lipinski definition) is 7. The molecule has 9 heteroatoms. The van der Waals surface area contributed by atoms with Gasteiger partial charge in [0, 0.05) is 6.54 Å². The summed E-state index contributed by atoms with van der Waals surface area (Å²) in [4.78, 5) is 33.5. The van der Waals surface area contributed by atoms with E-state index in [4.69, 9.17) is 9.47 Å². The van der Waals surface area contributed by atoms with E-state index >= 15 is 0 Å². The van der Waals surface area contributed by atoms with Crippen molar-refractivity contribution in [1.82, 2.24) is 15.3 Å². The lowest BCUT2D eigenvalue weighted by molar-refractivity contribution is -0.123. The largest absolute Gasteiger partial charge is 0.467 e. The molecule has 3 rings (SSSR count). The number of aryl methyl sites for hydroxylation is 1. The number of carbonyl (C=O) groups is 2. The Morgan fingerprint density at radius 3 is 2.69 bits per heavy atom. The highest BCUT2D eigenvalue weighted by Crippen LogP contribution is 2.34. The van der Waals surface area contributed by atoms with Gasteiger partial charge in [-0.25, -0.2) is 19.2 Å². The molecule has 0 saturated heterocycles. The number of nitrogens with zero attached hydrogens (tertiary/aromatic N) is 2. The van der Waals surface area contributed by atoms with Crippen molar-refractivity contribution in [3.05, 3.63) is 52.4 Å². The highest BCUT2D eigenvalue weighted by atomic mass is 32.1. The van der Waals surface area contributed by atoms with Crippen LogP contribution in [0.1, 0.15) is 27.7 Å². The van der Waals surface area contributed by atoms with Crippen molar-refractivity contribution in [2.45, 2.75) is 20.3 Å². The van der Waals surface area contributed by atoms with Crippen molar-refractivity contribution >= 4 is 33.4 Å². The van der Waals surface area contributed by atoms with Crippen LogP contribution in [0.5, 0.6) is 5.88 Å². The summed E-state index contributed by atoms with van der Waals surface area (Å²) in [6.45, 7) is 3.96. The van der Waals surface area contributed by atoms with Gasteiger partial charge in [-0.2, -0.15) is 0 Å². The third-order valence-electron chi connectivity index (χ3n) is 4.14. The van der Waals surface area contributed by atoms with Gasteiger partial charge in [0.15, 0.2) is 6.61 Å². The van der Waals surface area contributed by atoms with E-state index in [1.807, 2.05) is 0 Å². The molecule has 1 amide bonds. The van der Waals surface area contributed by atoms with Crippen molar-refractivity contribution < 1.29 is 23.5 Å². The Labute approximate surface area is 170 Å². The van der Waals surface area contributed by atoms with Crippen LogP contribution in [0.15, 0.2) is 30.6 Å². The van der Waals surface area contributed by atoms with Gasteiger partial charge in [0.25, 0.3) is 5.91 Å². The van der Waals surface area contributed by atoms with E-state index in [1.165, 1.54) is 29.8 Å². The molecule has 7 nitrogen and oxygen atoms in total. The molecule has 0 radical (unpaired) electrons. The van der Waals surface area contributed by atoms with Crippen LogP contribution in [-0.4, -0.2) is 41.6 Å². The van der Waals surface area contributed by atoms with Crippen LogP contribution in [0.3, 0.4) is 0 Å². The molecule has 3 aromatic rings. The van der Waals surface area contributed by atoms with Gasteiger partial charge in [-0.3, -0.25) is 4.79 Å². The Kier molecular flexibility index (Phi) is 6.71. The third-order valence-corrected chi connectivity index (χ3v) is 5.32. The molecular formula is C20H20FN3O4S. The number of thiophene rings is 1. The van der Waals surface area contributed by atoms with Crippen molar-refractivity contribution in [2.24, 2.45) is 0 Å². The lowest BCUT2D eigenvalue weighted by atomic mass is 10.1. The molecular weight excluding hydrogens is 397 g/mol. The lowest BCUT2D eigenvalue weighted by Gasteiger charge is -2.08. The van der Waals surface area contributed by atoms with Crippen LogP contribution in [0, 0.1) is 12.7 Å². The summed E-state index contributed by atoms with van der Waals surface area (Å²) in [5.41, 5.74) is 1.58. The number of benzene rings is 1. The highest BCUT2D eigenvalue weighted by Gasteiger charge is 2.21. The molecule has 0 aliphatic rings. The van der Waals surface area contributed by atoms with Gasteiger partial charge in [-0.1, -0.05) is 12.1 Å². The maximum absolute atomic E-state index is 12.9. The number of halogens is 1. The number of ether oxygens (including phenoxy) is 2. The minimum Gasteiger partial charge on any atom is -0.467 e. The van der Waals surface area contributed by atoms with Crippen molar-refractivity contribution in [3.8, 4) is 5.88 Å². The molecule has 1 aromatic carbocycles. The number of fused-ring (bicyclic) bond motifs is 1. The Hall–Kier alpha value is -3.07. The van der Waals surface area contributed by atoms with E-state index in [0.717, 1.165) is 5.56 Å². The standard InChI is InChI=1S/C20H20FN3O4S/c1-3-27-20(26)17-12(2)16-18(23-11-24-19(16)29-17)28-10-15(25)22-9-8-13-4-6-14(21)7-5-13/h4-7,11H,3,8-10H2,1-2H3,(H,22,25). The van der Waals surface area contributed by atoms with Crippen molar-refractivity contribution in [3.63, 3.8) is 0 Å². The first-order chi connectivity index (χ1) is 14.0. The Bertz CT molecular complexity index is 1020. The highest BCUT2D eigenvalue weighted by molar-refractivity contribution is 7.20. The zero-order valence-corrected chi connectivity index (χ0v) is 16.8. The molecule has 152 valence electrons. The molecule has 0 bridgehead atoms. The van der Waals surface area contributed by atoms with Gasteiger partial charge >= 0.3 is 5.97 Å². The fourth-order valence-corrected chi connectivity index (χ4v) is 3.76. The second kappa shape index (κ2) is 9.42. The molecule has 0 fully saturated rings. The van der Waals surface area contributed by atoms with Gasteiger partial charge < -0.3 is 14.8 Å². The van der Waals surface area contributed by atoms with Gasteiger partial charge in [-0.15, -0.1) is 11.3 Å². The molecule has 2 heterocycles. The fraction of sp³-hybridized carbons (Fsp3) is 0.300. The average molecular weight is 417 g/mol. The maximum Gasteiger partial charge on any atom is 0.348 e.